The quantitative estimate of drug-likeness (QED) is 0.606. The van der Waals surface area contributed by atoms with Gasteiger partial charge < -0.3 is 9.64 Å². The van der Waals surface area contributed by atoms with Crippen LogP contribution >= 0.6 is 0 Å². The highest BCUT2D eigenvalue weighted by Gasteiger charge is 2.39. The van der Waals surface area contributed by atoms with Gasteiger partial charge >= 0.3 is 0 Å². The Kier molecular flexibility index (Phi) is 6.50. The molecule has 2 aromatic carbocycles. The Morgan fingerprint density at radius 1 is 0.941 bits per heavy atom. The molecule has 0 spiro atoms. The summed E-state index contributed by atoms with van der Waals surface area (Å²) >= 11 is 0. The Balaban J connectivity index is 1.21. The van der Waals surface area contributed by atoms with Crippen LogP contribution in [0.5, 0.6) is 5.75 Å². The highest BCUT2D eigenvalue weighted by Crippen LogP contribution is 2.34. The van der Waals surface area contributed by atoms with Crippen molar-refractivity contribution in [3.8, 4) is 5.75 Å². The molecule has 1 unspecified atom stereocenters. The van der Waals surface area contributed by atoms with Crippen molar-refractivity contribution in [1.82, 2.24) is 9.80 Å². The van der Waals surface area contributed by atoms with Crippen LogP contribution < -0.4 is 4.74 Å². The second-order valence-corrected chi connectivity index (χ2v) is 10.0. The number of carbonyl (C=O) groups excluding carboxylic acids is 3. The number of benzene rings is 2. The van der Waals surface area contributed by atoms with Gasteiger partial charge in [0.25, 0.3) is 5.91 Å². The number of fused-ring (bicyclic) bond motifs is 1. The molecular weight excluding hydrogens is 428 g/mol. The monoisotopic (exact) mass is 460 g/mol. The van der Waals surface area contributed by atoms with Gasteiger partial charge in [0.15, 0.2) is 5.78 Å². The van der Waals surface area contributed by atoms with Gasteiger partial charge in [0.05, 0.1) is 19.0 Å². The van der Waals surface area contributed by atoms with Crippen LogP contribution in [-0.2, 0) is 29.3 Å². The molecule has 0 bridgehead atoms. The Hall–Kier alpha value is -2.99. The number of hydrogen-bond acceptors (Lipinski definition) is 5. The third-order valence-corrected chi connectivity index (χ3v) is 7.47. The molecule has 1 amide bonds. The van der Waals surface area contributed by atoms with E-state index in [1.54, 1.807) is 11.0 Å². The number of hydrogen-bond donors (Lipinski definition) is 0. The zero-order valence-corrected chi connectivity index (χ0v) is 19.8. The third kappa shape index (κ3) is 4.78. The number of amides is 1. The van der Waals surface area contributed by atoms with Crippen LogP contribution in [0.4, 0.5) is 0 Å². The van der Waals surface area contributed by atoms with E-state index < -0.39 is 6.04 Å². The number of Topliss-reactive ketones (excluding diaryl/α,β-unsaturated/α-hetero) is 2. The van der Waals surface area contributed by atoms with Crippen molar-refractivity contribution < 1.29 is 19.1 Å². The molecule has 0 aromatic heterocycles. The van der Waals surface area contributed by atoms with E-state index in [0.717, 1.165) is 23.6 Å². The van der Waals surface area contributed by atoms with Crippen LogP contribution in [-0.4, -0.2) is 46.4 Å². The molecule has 6 nitrogen and oxygen atoms in total. The Morgan fingerprint density at radius 3 is 2.41 bits per heavy atom. The van der Waals surface area contributed by atoms with Crippen molar-refractivity contribution in [2.75, 3.05) is 13.1 Å². The van der Waals surface area contributed by atoms with Gasteiger partial charge in [-0.15, -0.1) is 0 Å². The second kappa shape index (κ2) is 9.71. The molecule has 5 rings (SSSR count). The average Bonchev–Trinajstić information content (AvgIpc) is 3.17. The lowest BCUT2D eigenvalue weighted by molar-refractivity contribution is -0.133. The molecule has 3 aliphatic rings. The van der Waals surface area contributed by atoms with Crippen molar-refractivity contribution in [3.05, 3.63) is 64.7 Å². The third-order valence-electron chi connectivity index (χ3n) is 7.47. The van der Waals surface area contributed by atoms with Crippen LogP contribution in [0.15, 0.2) is 42.5 Å². The fraction of sp³-hybridized carbons (Fsp3) is 0.464. The van der Waals surface area contributed by atoms with Gasteiger partial charge in [-0.25, -0.2) is 0 Å². The van der Waals surface area contributed by atoms with Crippen molar-refractivity contribution in [2.45, 2.75) is 64.8 Å². The van der Waals surface area contributed by atoms with E-state index in [4.69, 9.17) is 4.74 Å². The minimum absolute atomic E-state index is 0.0361. The largest absolute Gasteiger partial charge is 0.489 e. The highest BCUT2D eigenvalue weighted by molar-refractivity contribution is 6.07. The van der Waals surface area contributed by atoms with E-state index in [1.807, 2.05) is 12.1 Å². The summed E-state index contributed by atoms with van der Waals surface area (Å²) in [4.78, 5) is 41.1. The van der Waals surface area contributed by atoms with E-state index in [0.29, 0.717) is 37.3 Å². The first kappa shape index (κ1) is 22.8. The van der Waals surface area contributed by atoms with Gasteiger partial charge in [0.2, 0.25) is 0 Å². The number of nitrogens with zero attached hydrogens (tertiary/aromatic N) is 2. The molecule has 0 radical (unpaired) electrons. The van der Waals surface area contributed by atoms with E-state index in [2.05, 4.69) is 36.1 Å². The van der Waals surface area contributed by atoms with Crippen LogP contribution in [0.2, 0.25) is 0 Å². The van der Waals surface area contributed by atoms with E-state index >= 15 is 0 Å². The first-order valence-electron chi connectivity index (χ1n) is 12.4. The van der Waals surface area contributed by atoms with Crippen LogP contribution in [0, 0.1) is 5.92 Å². The van der Waals surface area contributed by atoms with Gasteiger partial charge in [-0.2, -0.15) is 0 Å². The maximum absolute atomic E-state index is 13.0. The minimum atomic E-state index is -0.513. The zero-order valence-electron chi connectivity index (χ0n) is 19.8. The average molecular weight is 461 g/mol. The fourth-order valence-electron chi connectivity index (χ4n) is 5.28. The van der Waals surface area contributed by atoms with E-state index in [1.165, 1.54) is 31.5 Å². The SMILES string of the molecule is CC1CCN(Cc2ccc(COc3cccc4c3CN(C3CCC(=O)CC3=O)C4=O)cc2)CC1. The number of rotatable bonds is 6. The summed E-state index contributed by atoms with van der Waals surface area (Å²) < 4.78 is 6.14. The van der Waals surface area contributed by atoms with Gasteiger partial charge in [-0.3, -0.25) is 19.3 Å². The molecule has 1 saturated carbocycles. The molecule has 34 heavy (non-hydrogen) atoms. The smallest absolute Gasteiger partial charge is 0.255 e. The molecule has 1 saturated heterocycles. The lowest BCUT2D eigenvalue weighted by Crippen LogP contribution is -2.44. The Morgan fingerprint density at radius 2 is 1.68 bits per heavy atom. The first-order chi connectivity index (χ1) is 16.5. The summed E-state index contributed by atoms with van der Waals surface area (Å²) in [6.45, 7) is 6.43. The molecule has 0 N–H and O–H groups in total. The maximum Gasteiger partial charge on any atom is 0.255 e. The van der Waals surface area contributed by atoms with E-state index in [-0.39, 0.29) is 23.9 Å². The summed E-state index contributed by atoms with van der Waals surface area (Å²) in [5.41, 5.74) is 3.81. The van der Waals surface area contributed by atoms with Crippen LogP contribution in [0.3, 0.4) is 0 Å². The molecule has 1 atom stereocenters. The summed E-state index contributed by atoms with van der Waals surface area (Å²) in [5.74, 6) is 1.18. The van der Waals surface area contributed by atoms with Crippen molar-refractivity contribution >= 4 is 17.5 Å². The van der Waals surface area contributed by atoms with Gasteiger partial charge in [0.1, 0.15) is 18.1 Å². The number of ether oxygens (including phenoxy) is 1. The maximum atomic E-state index is 13.0. The summed E-state index contributed by atoms with van der Waals surface area (Å²) in [5, 5.41) is 0. The first-order valence-corrected chi connectivity index (χ1v) is 12.4. The van der Waals surface area contributed by atoms with Crippen molar-refractivity contribution in [3.63, 3.8) is 0 Å². The standard InChI is InChI=1S/C28H32N2O4/c1-19-11-13-29(14-12-19)16-20-5-7-21(8-6-20)18-34-27-4-2-3-23-24(27)17-30(28(23)33)25-10-9-22(31)15-26(25)32/h2-8,19,25H,9-18H2,1H3. The fourth-order valence-corrected chi connectivity index (χ4v) is 5.28. The predicted molar refractivity (Wildman–Crippen MR) is 128 cm³/mol. The van der Waals surface area contributed by atoms with Crippen molar-refractivity contribution in [1.29, 1.82) is 0 Å². The molecular formula is C28H32N2O4. The molecule has 178 valence electrons. The lowest BCUT2D eigenvalue weighted by Gasteiger charge is -2.30. The van der Waals surface area contributed by atoms with E-state index in [9.17, 15) is 14.4 Å². The van der Waals surface area contributed by atoms with Gasteiger partial charge in [-0.1, -0.05) is 37.3 Å². The van der Waals surface area contributed by atoms with Gasteiger partial charge in [0, 0.05) is 24.1 Å². The van der Waals surface area contributed by atoms with Crippen LogP contribution in [0.1, 0.15) is 66.1 Å². The minimum Gasteiger partial charge on any atom is -0.489 e. The number of ketones is 2. The molecule has 2 aromatic rings. The number of piperidine rings is 1. The molecule has 1 aliphatic carbocycles. The normalized spacial score (nSPS) is 21.7. The predicted octanol–water partition coefficient (Wildman–Crippen LogP) is 4.14. The molecule has 2 aliphatic heterocycles. The van der Waals surface area contributed by atoms with Gasteiger partial charge in [-0.05, 0) is 61.5 Å². The summed E-state index contributed by atoms with van der Waals surface area (Å²) in [6, 6.07) is 13.6. The van der Waals surface area contributed by atoms with Crippen molar-refractivity contribution in [2.24, 2.45) is 5.92 Å². The number of likely N-dealkylation sites (tertiary alicyclic amines) is 1. The molecule has 6 heteroatoms. The second-order valence-electron chi connectivity index (χ2n) is 10.0. The van der Waals surface area contributed by atoms with Crippen LogP contribution in [0.25, 0.3) is 0 Å². The Bertz CT molecular complexity index is 1090. The highest BCUT2D eigenvalue weighted by atomic mass is 16.5. The zero-order chi connectivity index (χ0) is 23.7. The summed E-state index contributed by atoms with van der Waals surface area (Å²) in [7, 11) is 0. The topological polar surface area (TPSA) is 66.9 Å². The lowest BCUT2D eigenvalue weighted by atomic mass is 9.92. The number of carbonyl (C=O) groups is 3. The molecule has 2 fully saturated rings. The summed E-state index contributed by atoms with van der Waals surface area (Å²) in [6.07, 6.45) is 3.25. The Labute approximate surface area is 200 Å². The molecule has 2 heterocycles.